The minimum Gasteiger partial charge on any atom is -0.387 e. The highest BCUT2D eigenvalue weighted by Gasteiger charge is 2.09. The molecule has 2 heteroatoms. The number of aliphatic hydroxyl groups excluding tert-OH is 1. The molecular formula is C23H29NO. The van der Waals surface area contributed by atoms with Crippen LogP contribution in [0.15, 0.2) is 72.8 Å². The number of nitrogens with one attached hydrogen (secondary N) is 1. The molecule has 0 bridgehead atoms. The van der Waals surface area contributed by atoms with Gasteiger partial charge in [0.2, 0.25) is 0 Å². The third-order valence-electron chi connectivity index (χ3n) is 4.20. The van der Waals surface area contributed by atoms with Crippen LogP contribution in [0.2, 0.25) is 0 Å². The van der Waals surface area contributed by atoms with Gasteiger partial charge in [0.15, 0.2) is 0 Å². The van der Waals surface area contributed by atoms with Crippen LogP contribution in [0, 0.1) is 0 Å². The van der Waals surface area contributed by atoms with Gasteiger partial charge in [0.05, 0.1) is 6.10 Å². The van der Waals surface area contributed by atoms with Gasteiger partial charge >= 0.3 is 0 Å². The highest BCUT2D eigenvalue weighted by Crippen LogP contribution is 2.17. The summed E-state index contributed by atoms with van der Waals surface area (Å²) in [6.45, 7) is 6.73. The van der Waals surface area contributed by atoms with Crippen molar-refractivity contribution in [1.29, 1.82) is 0 Å². The zero-order chi connectivity index (χ0) is 18.1. The van der Waals surface area contributed by atoms with E-state index < -0.39 is 6.10 Å². The van der Waals surface area contributed by atoms with Crippen molar-refractivity contribution in [2.75, 3.05) is 6.54 Å². The molecule has 3 aromatic rings. The molecule has 132 valence electrons. The Labute approximate surface area is 151 Å². The van der Waals surface area contributed by atoms with Crippen LogP contribution < -0.4 is 5.32 Å². The second-order valence-electron chi connectivity index (χ2n) is 6.12. The van der Waals surface area contributed by atoms with E-state index in [0.29, 0.717) is 12.6 Å². The topological polar surface area (TPSA) is 32.3 Å². The summed E-state index contributed by atoms with van der Waals surface area (Å²) >= 11 is 0. The summed E-state index contributed by atoms with van der Waals surface area (Å²) in [7, 11) is 0. The first kappa shape index (κ1) is 19.2. The average Bonchev–Trinajstić information content (AvgIpc) is 2.68. The number of fused-ring (bicyclic) bond motifs is 1. The van der Waals surface area contributed by atoms with Crippen molar-refractivity contribution >= 4 is 10.8 Å². The Hall–Kier alpha value is -2.16. The van der Waals surface area contributed by atoms with Crippen LogP contribution in [0.1, 0.15) is 38.0 Å². The molecule has 0 aromatic heterocycles. The molecule has 3 rings (SSSR count). The highest BCUT2D eigenvalue weighted by atomic mass is 16.3. The zero-order valence-electron chi connectivity index (χ0n) is 15.4. The Bertz CT molecular complexity index is 754. The predicted molar refractivity (Wildman–Crippen MR) is 108 cm³/mol. The van der Waals surface area contributed by atoms with E-state index in [9.17, 15) is 5.11 Å². The molecule has 25 heavy (non-hydrogen) atoms. The largest absolute Gasteiger partial charge is 0.387 e. The Morgan fingerprint density at radius 2 is 1.48 bits per heavy atom. The van der Waals surface area contributed by atoms with Crippen LogP contribution in [0.4, 0.5) is 0 Å². The fourth-order valence-electron chi connectivity index (χ4n) is 2.90. The molecule has 0 saturated heterocycles. The normalized spacial score (nSPS) is 13.0. The summed E-state index contributed by atoms with van der Waals surface area (Å²) in [5.74, 6) is 0. The molecule has 2 atom stereocenters. The molecule has 2 N–H and O–H groups in total. The first-order chi connectivity index (χ1) is 12.2. The molecule has 0 radical (unpaired) electrons. The second-order valence-corrected chi connectivity index (χ2v) is 6.12. The number of aliphatic hydroxyl groups is 1. The van der Waals surface area contributed by atoms with Crippen molar-refractivity contribution in [3.05, 3.63) is 83.9 Å². The van der Waals surface area contributed by atoms with Crippen molar-refractivity contribution in [2.24, 2.45) is 0 Å². The molecule has 0 amide bonds. The van der Waals surface area contributed by atoms with E-state index in [-0.39, 0.29) is 0 Å². The minimum absolute atomic E-state index is 0.314. The van der Waals surface area contributed by atoms with E-state index >= 15 is 0 Å². The standard InChI is InChI=1S/C21H23NO.C2H6/c1-16(22-15-21(23)19-8-3-2-4-9-19)13-17-11-12-18-7-5-6-10-20(18)14-17;1-2/h2-12,14,16,21-23H,13,15H2,1H3;1-2H3. The average molecular weight is 335 g/mol. The molecule has 0 fully saturated rings. The van der Waals surface area contributed by atoms with Gasteiger partial charge in [-0.2, -0.15) is 0 Å². The summed E-state index contributed by atoms with van der Waals surface area (Å²) in [5, 5.41) is 16.2. The Balaban J connectivity index is 0.00000109. The Morgan fingerprint density at radius 1 is 0.840 bits per heavy atom. The monoisotopic (exact) mass is 335 g/mol. The lowest BCUT2D eigenvalue weighted by molar-refractivity contribution is 0.170. The summed E-state index contributed by atoms with van der Waals surface area (Å²) in [6, 6.07) is 25.1. The van der Waals surface area contributed by atoms with Crippen LogP contribution >= 0.6 is 0 Å². The molecule has 0 aliphatic carbocycles. The molecule has 0 saturated carbocycles. The maximum atomic E-state index is 10.2. The van der Waals surface area contributed by atoms with Gasteiger partial charge in [-0.3, -0.25) is 0 Å². The summed E-state index contributed by atoms with van der Waals surface area (Å²) < 4.78 is 0. The lowest BCUT2D eigenvalue weighted by Crippen LogP contribution is -2.32. The maximum Gasteiger partial charge on any atom is 0.0914 e. The van der Waals surface area contributed by atoms with Crippen molar-refractivity contribution < 1.29 is 5.11 Å². The van der Waals surface area contributed by atoms with Crippen LogP contribution in [0.5, 0.6) is 0 Å². The molecule has 0 aliphatic rings. The van der Waals surface area contributed by atoms with E-state index in [0.717, 1.165) is 12.0 Å². The first-order valence-electron chi connectivity index (χ1n) is 9.16. The van der Waals surface area contributed by atoms with Gasteiger partial charge in [-0.15, -0.1) is 0 Å². The van der Waals surface area contributed by atoms with Gasteiger partial charge in [0.1, 0.15) is 0 Å². The van der Waals surface area contributed by atoms with Gasteiger partial charge in [0.25, 0.3) is 0 Å². The molecule has 2 unspecified atom stereocenters. The Morgan fingerprint density at radius 3 is 2.20 bits per heavy atom. The van der Waals surface area contributed by atoms with Crippen LogP contribution in [0.3, 0.4) is 0 Å². The van der Waals surface area contributed by atoms with E-state index in [4.69, 9.17) is 0 Å². The smallest absolute Gasteiger partial charge is 0.0914 e. The zero-order valence-corrected chi connectivity index (χ0v) is 15.4. The fourth-order valence-corrected chi connectivity index (χ4v) is 2.90. The lowest BCUT2D eigenvalue weighted by Gasteiger charge is -2.18. The summed E-state index contributed by atoms with van der Waals surface area (Å²) in [6.07, 6.45) is 0.488. The van der Waals surface area contributed by atoms with E-state index in [1.165, 1.54) is 16.3 Å². The quantitative estimate of drug-likeness (QED) is 0.655. The summed E-state index contributed by atoms with van der Waals surface area (Å²) in [5.41, 5.74) is 2.27. The molecule has 0 heterocycles. The number of benzene rings is 3. The van der Waals surface area contributed by atoms with Gasteiger partial charge in [-0.05, 0) is 35.2 Å². The highest BCUT2D eigenvalue weighted by molar-refractivity contribution is 5.82. The van der Waals surface area contributed by atoms with Crippen LogP contribution in [-0.2, 0) is 6.42 Å². The first-order valence-corrected chi connectivity index (χ1v) is 9.16. The van der Waals surface area contributed by atoms with Gasteiger partial charge < -0.3 is 10.4 Å². The number of hydrogen-bond donors (Lipinski definition) is 2. The van der Waals surface area contributed by atoms with Crippen molar-refractivity contribution in [3.63, 3.8) is 0 Å². The van der Waals surface area contributed by atoms with Crippen molar-refractivity contribution in [2.45, 2.75) is 39.3 Å². The third kappa shape index (κ3) is 5.70. The van der Waals surface area contributed by atoms with Gasteiger partial charge in [-0.1, -0.05) is 86.6 Å². The van der Waals surface area contributed by atoms with Gasteiger partial charge in [-0.25, -0.2) is 0 Å². The van der Waals surface area contributed by atoms with Crippen LogP contribution in [-0.4, -0.2) is 17.7 Å². The second kappa shape index (κ2) is 9.97. The van der Waals surface area contributed by atoms with Crippen molar-refractivity contribution in [3.8, 4) is 0 Å². The van der Waals surface area contributed by atoms with E-state index in [1.54, 1.807) is 0 Å². The van der Waals surface area contributed by atoms with Gasteiger partial charge in [0, 0.05) is 12.6 Å². The minimum atomic E-state index is -0.463. The molecule has 3 aromatic carbocycles. The van der Waals surface area contributed by atoms with Crippen LogP contribution in [0.25, 0.3) is 10.8 Å². The fraction of sp³-hybridized carbons (Fsp3) is 0.304. The third-order valence-corrected chi connectivity index (χ3v) is 4.20. The summed E-state index contributed by atoms with van der Waals surface area (Å²) in [4.78, 5) is 0. The van der Waals surface area contributed by atoms with Crippen molar-refractivity contribution in [1.82, 2.24) is 5.32 Å². The Kier molecular flexibility index (Phi) is 7.65. The number of hydrogen-bond acceptors (Lipinski definition) is 2. The molecular weight excluding hydrogens is 306 g/mol. The lowest BCUT2D eigenvalue weighted by atomic mass is 10.0. The SMILES string of the molecule is CC.CC(Cc1ccc2ccccc2c1)NCC(O)c1ccccc1. The van der Waals surface area contributed by atoms with E-state index in [1.807, 2.05) is 44.2 Å². The maximum absolute atomic E-state index is 10.2. The number of rotatable bonds is 6. The predicted octanol–water partition coefficient (Wildman–Crippen LogP) is 5.12. The molecule has 0 aliphatic heterocycles. The molecule has 2 nitrogen and oxygen atoms in total. The molecule has 0 spiro atoms. The van der Waals surface area contributed by atoms with E-state index in [2.05, 4.69) is 54.7 Å².